The van der Waals surface area contributed by atoms with Crippen molar-refractivity contribution in [1.29, 1.82) is 0 Å². The second kappa shape index (κ2) is 11.5. The Kier molecular flexibility index (Phi) is 8.68. The van der Waals surface area contributed by atoms with Crippen LogP contribution in [0.1, 0.15) is 31.1 Å². The van der Waals surface area contributed by atoms with Crippen LogP contribution in [0.5, 0.6) is 5.75 Å². The van der Waals surface area contributed by atoms with Gasteiger partial charge in [-0.25, -0.2) is 13.2 Å². The van der Waals surface area contributed by atoms with Crippen LogP contribution in [-0.2, 0) is 25.9 Å². The summed E-state index contributed by atoms with van der Waals surface area (Å²) in [6.45, 7) is 3.53. The minimum Gasteiger partial charge on any atom is -0.387 e. The third-order valence-corrected chi connectivity index (χ3v) is 7.04. The summed E-state index contributed by atoms with van der Waals surface area (Å²) < 4.78 is 26.0. The van der Waals surface area contributed by atoms with Gasteiger partial charge in [0.2, 0.25) is 9.84 Å². The van der Waals surface area contributed by atoms with E-state index in [1.807, 2.05) is 13.0 Å². The average Bonchev–Trinajstić information content (AvgIpc) is 2.81. The number of aliphatic hydroxyl groups excluding tert-OH is 1. The van der Waals surface area contributed by atoms with E-state index in [0.717, 1.165) is 11.1 Å². The van der Waals surface area contributed by atoms with E-state index in [1.165, 1.54) is 31.2 Å². The summed E-state index contributed by atoms with van der Waals surface area (Å²) >= 11 is 5.98. The van der Waals surface area contributed by atoms with Gasteiger partial charge in [-0.3, -0.25) is 9.78 Å². The van der Waals surface area contributed by atoms with Gasteiger partial charge in [0, 0.05) is 30.6 Å². The third kappa shape index (κ3) is 7.04. The van der Waals surface area contributed by atoms with Crippen molar-refractivity contribution in [3.8, 4) is 5.75 Å². The molecule has 0 saturated heterocycles. The van der Waals surface area contributed by atoms with Crippen LogP contribution in [-0.4, -0.2) is 32.1 Å². The van der Waals surface area contributed by atoms with Gasteiger partial charge in [0.15, 0.2) is 5.75 Å². The zero-order chi connectivity index (χ0) is 24.7. The van der Waals surface area contributed by atoms with Crippen molar-refractivity contribution in [1.82, 2.24) is 5.32 Å². The molecule has 3 aromatic carbocycles. The lowest BCUT2D eigenvalue weighted by molar-refractivity contribution is -0.210. The van der Waals surface area contributed by atoms with E-state index >= 15 is 0 Å². The Labute approximate surface area is 204 Å². The first-order chi connectivity index (χ1) is 16.1. The molecule has 3 aromatic rings. The topological polar surface area (TPSA) is 102 Å². The van der Waals surface area contributed by atoms with Gasteiger partial charge >= 0.3 is 5.97 Å². The predicted octanol–water partition coefficient (Wildman–Crippen LogP) is 4.28. The Morgan fingerprint density at radius 2 is 1.74 bits per heavy atom. The number of carbonyl (C=O) groups is 1. The Balaban J connectivity index is 1.60. The van der Waals surface area contributed by atoms with Gasteiger partial charge in [-0.05, 0) is 60.9 Å². The molecular weight excluding hydrogens is 478 g/mol. The number of halogens is 1. The molecule has 2 N–H and O–H groups in total. The fourth-order valence-electron chi connectivity index (χ4n) is 3.31. The molecule has 0 bridgehead atoms. The Bertz CT molecular complexity index is 1230. The lowest BCUT2D eigenvalue weighted by atomic mass is 10.1. The normalized spacial score (nSPS) is 13.2. The SMILES string of the molecule is CC(=O)OOc1cccc(S(=O)(=O)c2ccc(C[C@@H](C)NC[C@H](O)c3cccc(Cl)c3)cc2)c1. The van der Waals surface area contributed by atoms with Crippen molar-refractivity contribution in [3.63, 3.8) is 0 Å². The largest absolute Gasteiger partial charge is 0.387 e. The highest BCUT2D eigenvalue weighted by Crippen LogP contribution is 2.25. The second-order valence-electron chi connectivity index (χ2n) is 7.86. The molecule has 2 atom stereocenters. The van der Waals surface area contributed by atoms with Crippen molar-refractivity contribution in [2.75, 3.05) is 6.54 Å². The van der Waals surface area contributed by atoms with Gasteiger partial charge in [0.25, 0.3) is 0 Å². The van der Waals surface area contributed by atoms with Crippen molar-refractivity contribution < 1.29 is 28.1 Å². The molecule has 0 aliphatic heterocycles. The Morgan fingerprint density at radius 1 is 1.03 bits per heavy atom. The van der Waals surface area contributed by atoms with E-state index in [-0.39, 0.29) is 21.6 Å². The van der Waals surface area contributed by atoms with Crippen LogP contribution >= 0.6 is 11.6 Å². The van der Waals surface area contributed by atoms with Crippen LogP contribution < -0.4 is 10.2 Å². The number of aliphatic hydroxyl groups is 1. The lowest BCUT2D eigenvalue weighted by Gasteiger charge is -2.18. The van der Waals surface area contributed by atoms with Crippen LogP contribution in [0.2, 0.25) is 5.02 Å². The molecule has 3 rings (SSSR count). The molecule has 180 valence electrons. The number of hydrogen-bond acceptors (Lipinski definition) is 7. The van der Waals surface area contributed by atoms with Gasteiger partial charge in [-0.2, -0.15) is 0 Å². The summed E-state index contributed by atoms with van der Waals surface area (Å²) in [5.74, 6) is -0.542. The maximum atomic E-state index is 13.0. The number of carbonyl (C=O) groups excluding carboxylic acids is 1. The Hall–Kier alpha value is -2.91. The molecule has 0 saturated carbocycles. The summed E-state index contributed by atoms with van der Waals surface area (Å²) in [5.41, 5.74) is 1.69. The summed E-state index contributed by atoms with van der Waals surface area (Å²) in [4.78, 5) is 20.3. The minimum absolute atomic E-state index is 0.0231. The molecule has 0 radical (unpaired) electrons. The molecule has 34 heavy (non-hydrogen) atoms. The quantitative estimate of drug-likeness (QED) is 0.314. The standard InChI is InChI=1S/C25H26ClNO6S/c1-17(27-16-25(29)20-5-3-6-21(26)14-20)13-19-9-11-23(12-10-19)34(30,31)24-8-4-7-22(15-24)33-32-18(2)28/h3-12,14-15,17,25,27,29H,13,16H2,1-2H3/t17-,25+/m1/s1. The molecule has 0 heterocycles. The second-order valence-corrected chi connectivity index (χ2v) is 10.3. The molecule has 0 amide bonds. The van der Waals surface area contributed by atoms with Gasteiger partial charge in [-0.1, -0.05) is 41.9 Å². The number of nitrogens with one attached hydrogen (secondary N) is 1. The highest BCUT2D eigenvalue weighted by molar-refractivity contribution is 7.91. The summed E-state index contributed by atoms with van der Waals surface area (Å²) in [5, 5.41) is 14.2. The predicted molar refractivity (Wildman–Crippen MR) is 128 cm³/mol. The highest BCUT2D eigenvalue weighted by atomic mass is 35.5. The zero-order valence-corrected chi connectivity index (χ0v) is 20.3. The van der Waals surface area contributed by atoms with Crippen molar-refractivity contribution in [2.24, 2.45) is 0 Å². The lowest BCUT2D eigenvalue weighted by Crippen LogP contribution is -2.32. The van der Waals surface area contributed by atoms with Crippen LogP contribution in [0.3, 0.4) is 0 Å². The minimum atomic E-state index is -3.78. The van der Waals surface area contributed by atoms with Gasteiger partial charge < -0.3 is 10.4 Å². The maximum Gasteiger partial charge on any atom is 0.352 e. The van der Waals surface area contributed by atoms with Crippen molar-refractivity contribution >= 4 is 27.4 Å². The summed E-state index contributed by atoms with van der Waals surface area (Å²) in [6, 6.07) is 19.5. The molecule has 0 aromatic heterocycles. The van der Waals surface area contributed by atoms with E-state index in [1.54, 1.807) is 42.5 Å². The van der Waals surface area contributed by atoms with Gasteiger partial charge in [0.1, 0.15) is 0 Å². The third-order valence-electron chi connectivity index (χ3n) is 5.04. The molecule has 0 fully saturated rings. The fourth-order valence-corrected chi connectivity index (χ4v) is 4.81. The molecule has 0 aliphatic carbocycles. The summed E-state index contributed by atoms with van der Waals surface area (Å²) in [7, 11) is -3.78. The molecule has 0 unspecified atom stereocenters. The monoisotopic (exact) mass is 503 g/mol. The molecule has 0 spiro atoms. The van der Waals surface area contributed by atoms with Crippen LogP contribution in [0.25, 0.3) is 0 Å². The highest BCUT2D eigenvalue weighted by Gasteiger charge is 2.19. The molecule has 7 nitrogen and oxygen atoms in total. The summed E-state index contributed by atoms with van der Waals surface area (Å²) in [6.07, 6.45) is -0.0387. The fraction of sp³-hybridized carbons (Fsp3) is 0.240. The number of hydrogen-bond donors (Lipinski definition) is 2. The van der Waals surface area contributed by atoms with Crippen molar-refractivity contribution in [3.05, 3.63) is 88.9 Å². The van der Waals surface area contributed by atoms with Crippen LogP contribution in [0, 0.1) is 0 Å². The van der Waals surface area contributed by atoms with E-state index in [2.05, 4.69) is 10.2 Å². The first-order valence-corrected chi connectivity index (χ1v) is 12.5. The van der Waals surface area contributed by atoms with E-state index in [4.69, 9.17) is 16.5 Å². The van der Waals surface area contributed by atoms with Gasteiger partial charge in [0.05, 0.1) is 15.9 Å². The van der Waals surface area contributed by atoms with E-state index in [9.17, 15) is 18.3 Å². The first kappa shape index (κ1) is 25.7. The first-order valence-electron chi connectivity index (χ1n) is 10.6. The molecule has 0 aliphatic rings. The van der Waals surface area contributed by atoms with Crippen molar-refractivity contribution in [2.45, 2.75) is 42.2 Å². The zero-order valence-electron chi connectivity index (χ0n) is 18.8. The number of sulfone groups is 1. The van der Waals surface area contributed by atoms with Crippen LogP contribution in [0.4, 0.5) is 0 Å². The molecular formula is C25H26ClNO6S. The maximum absolute atomic E-state index is 13.0. The van der Waals surface area contributed by atoms with Crippen LogP contribution in [0.15, 0.2) is 82.6 Å². The molecule has 9 heteroatoms. The Morgan fingerprint density at radius 3 is 2.41 bits per heavy atom. The number of rotatable bonds is 10. The van der Waals surface area contributed by atoms with E-state index in [0.29, 0.717) is 18.0 Å². The number of benzene rings is 3. The van der Waals surface area contributed by atoms with Gasteiger partial charge in [-0.15, -0.1) is 0 Å². The smallest absolute Gasteiger partial charge is 0.352 e. The average molecular weight is 504 g/mol. The van der Waals surface area contributed by atoms with E-state index < -0.39 is 21.9 Å².